The molecule has 24 heavy (non-hydrogen) atoms. The van der Waals surface area contributed by atoms with Gasteiger partial charge in [-0.25, -0.2) is 4.79 Å². The van der Waals surface area contributed by atoms with Crippen LogP contribution in [0.3, 0.4) is 0 Å². The molecular formula is C18H23N3O3. The van der Waals surface area contributed by atoms with E-state index >= 15 is 0 Å². The molecule has 1 aromatic rings. The summed E-state index contributed by atoms with van der Waals surface area (Å²) in [7, 11) is 0. The molecule has 0 unspecified atom stereocenters. The Labute approximate surface area is 142 Å². The van der Waals surface area contributed by atoms with Crippen molar-refractivity contribution in [2.45, 2.75) is 51.3 Å². The Hall–Kier alpha value is -2.55. The lowest BCUT2D eigenvalue weighted by atomic mass is 10.00. The van der Waals surface area contributed by atoms with Crippen LogP contribution in [0.4, 0.5) is 4.79 Å². The van der Waals surface area contributed by atoms with E-state index in [-0.39, 0.29) is 18.4 Å². The number of ether oxygens (including phenoxy) is 1. The maximum Gasteiger partial charge on any atom is 0.410 e. The Balaban J connectivity index is 2.00. The zero-order valence-corrected chi connectivity index (χ0v) is 14.3. The van der Waals surface area contributed by atoms with Gasteiger partial charge < -0.3 is 10.1 Å². The van der Waals surface area contributed by atoms with Crippen LogP contribution in [-0.4, -0.2) is 35.1 Å². The van der Waals surface area contributed by atoms with Crippen molar-refractivity contribution < 1.29 is 14.3 Å². The van der Waals surface area contributed by atoms with Crippen molar-refractivity contribution in [2.24, 2.45) is 0 Å². The molecule has 0 saturated carbocycles. The van der Waals surface area contributed by atoms with E-state index in [1.165, 1.54) is 4.90 Å². The van der Waals surface area contributed by atoms with E-state index in [4.69, 9.17) is 10.00 Å². The minimum absolute atomic E-state index is 0.176. The molecule has 0 bridgehead atoms. The predicted molar refractivity (Wildman–Crippen MR) is 88.9 cm³/mol. The molecule has 0 aliphatic carbocycles. The third-order valence-electron chi connectivity index (χ3n) is 3.76. The predicted octanol–water partition coefficient (Wildman–Crippen LogP) is 2.77. The second-order valence-electron chi connectivity index (χ2n) is 6.81. The van der Waals surface area contributed by atoms with Crippen LogP contribution in [0.1, 0.15) is 45.2 Å². The highest BCUT2D eigenvalue weighted by Crippen LogP contribution is 2.23. The van der Waals surface area contributed by atoms with Crippen LogP contribution in [0.25, 0.3) is 0 Å². The van der Waals surface area contributed by atoms with Gasteiger partial charge >= 0.3 is 6.09 Å². The molecule has 1 saturated heterocycles. The van der Waals surface area contributed by atoms with Crippen molar-refractivity contribution in [3.8, 4) is 6.07 Å². The molecule has 0 spiro atoms. The first kappa shape index (κ1) is 17.8. The average Bonchev–Trinajstić information content (AvgIpc) is 2.44. The van der Waals surface area contributed by atoms with Gasteiger partial charge in [-0.3, -0.25) is 9.69 Å². The van der Waals surface area contributed by atoms with Crippen LogP contribution in [-0.2, 0) is 9.53 Å². The summed E-state index contributed by atoms with van der Waals surface area (Å²) in [5.41, 5.74) is 0.275. The van der Waals surface area contributed by atoms with Gasteiger partial charge in [0, 0.05) is 6.54 Å². The quantitative estimate of drug-likeness (QED) is 0.921. The number of nitrogens with zero attached hydrogens (tertiary/aromatic N) is 2. The van der Waals surface area contributed by atoms with E-state index in [1.54, 1.807) is 20.8 Å². The lowest BCUT2D eigenvalue weighted by Crippen LogP contribution is -2.59. The van der Waals surface area contributed by atoms with Crippen molar-refractivity contribution in [2.75, 3.05) is 6.54 Å². The molecule has 1 fully saturated rings. The molecule has 2 rings (SSSR count). The van der Waals surface area contributed by atoms with Crippen molar-refractivity contribution in [3.63, 3.8) is 0 Å². The summed E-state index contributed by atoms with van der Waals surface area (Å²) in [6, 6.07) is 10.5. The first-order valence-electron chi connectivity index (χ1n) is 8.03. The Morgan fingerprint density at radius 1 is 1.38 bits per heavy atom. The van der Waals surface area contributed by atoms with E-state index in [2.05, 4.69) is 11.4 Å². The summed E-state index contributed by atoms with van der Waals surface area (Å²) in [6.07, 6.45) is 0.291. The van der Waals surface area contributed by atoms with Crippen LogP contribution < -0.4 is 5.32 Å². The van der Waals surface area contributed by atoms with Gasteiger partial charge in [0.25, 0.3) is 0 Å². The Morgan fingerprint density at radius 2 is 2.04 bits per heavy atom. The molecule has 1 aliphatic rings. The third-order valence-corrected chi connectivity index (χ3v) is 3.76. The van der Waals surface area contributed by atoms with Gasteiger partial charge in [0.1, 0.15) is 11.6 Å². The number of nitriles is 1. The summed E-state index contributed by atoms with van der Waals surface area (Å²) in [5, 5.41) is 11.9. The maximum absolute atomic E-state index is 12.5. The first-order chi connectivity index (χ1) is 11.3. The molecule has 1 N–H and O–H groups in total. The number of benzene rings is 1. The van der Waals surface area contributed by atoms with Crippen molar-refractivity contribution in [3.05, 3.63) is 35.9 Å². The lowest BCUT2D eigenvalue weighted by molar-refractivity contribution is -0.131. The molecule has 1 aliphatic heterocycles. The largest absolute Gasteiger partial charge is 0.444 e. The molecule has 6 nitrogen and oxygen atoms in total. The minimum atomic E-state index is -0.596. The van der Waals surface area contributed by atoms with Crippen molar-refractivity contribution in [1.29, 1.82) is 5.26 Å². The number of hydrogen-bond acceptors (Lipinski definition) is 4. The number of likely N-dealkylation sites (tertiary alicyclic amines) is 1. The SMILES string of the molecule is CC(C)(C)OC(=O)N1CC[C@@H]1C(=O)N[C@@H](CC#N)c1ccccc1. The summed E-state index contributed by atoms with van der Waals surface area (Å²) < 4.78 is 5.31. The van der Waals surface area contributed by atoms with Gasteiger partial charge in [0.05, 0.1) is 18.5 Å². The van der Waals surface area contributed by atoms with E-state index < -0.39 is 17.7 Å². The molecule has 1 aromatic carbocycles. The molecular weight excluding hydrogens is 306 g/mol. The van der Waals surface area contributed by atoms with Crippen molar-refractivity contribution >= 4 is 12.0 Å². The summed E-state index contributed by atoms with van der Waals surface area (Å²) in [5.74, 6) is -0.254. The highest BCUT2D eigenvalue weighted by molar-refractivity contribution is 5.87. The average molecular weight is 329 g/mol. The number of carbonyl (C=O) groups is 2. The molecule has 0 radical (unpaired) electrons. The van der Waals surface area contributed by atoms with Gasteiger partial charge in [0.15, 0.2) is 0 Å². The second kappa shape index (κ2) is 7.35. The van der Waals surface area contributed by atoms with Crippen LogP contribution in [0.5, 0.6) is 0 Å². The fourth-order valence-electron chi connectivity index (χ4n) is 2.50. The third kappa shape index (κ3) is 4.48. The first-order valence-corrected chi connectivity index (χ1v) is 8.03. The standard InChI is InChI=1S/C18H23N3O3/c1-18(2,3)24-17(23)21-12-10-15(21)16(22)20-14(9-11-19)13-7-5-4-6-8-13/h4-8,14-15H,9-10,12H2,1-3H3,(H,20,22)/t14-,15+/m0/s1. The highest BCUT2D eigenvalue weighted by Gasteiger charge is 2.40. The number of amides is 2. The summed E-state index contributed by atoms with van der Waals surface area (Å²) in [6.45, 7) is 5.87. The fraction of sp³-hybridized carbons (Fsp3) is 0.500. The van der Waals surface area contributed by atoms with Crippen LogP contribution in [0.2, 0.25) is 0 Å². The number of nitrogens with one attached hydrogen (secondary N) is 1. The van der Waals surface area contributed by atoms with E-state index in [9.17, 15) is 9.59 Å². The number of rotatable bonds is 4. The molecule has 6 heteroatoms. The van der Waals surface area contributed by atoms with Gasteiger partial charge in [-0.15, -0.1) is 0 Å². The van der Waals surface area contributed by atoms with Gasteiger partial charge in [-0.1, -0.05) is 30.3 Å². The van der Waals surface area contributed by atoms with Crippen LogP contribution in [0.15, 0.2) is 30.3 Å². The van der Waals surface area contributed by atoms with Crippen LogP contribution in [0, 0.1) is 11.3 Å². The topological polar surface area (TPSA) is 82.4 Å². The number of hydrogen-bond donors (Lipinski definition) is 1. The van der Waals surface area contributed by atoms with Crippen LogP contribution >= 0.6 is 0 Å². The maximum atomic E-state index is 12.5. The highest BCUT2D eigenvalue weighted by atomic mass is 16.6. The minimum Gasteiger partial charge on any atom is -0.444 e. The van der Waals surface area contributed by atoms with E-state index in [1.807, 2.05) is 30.3 Å². The van der Waals surface area contributed by atoms with Gasteiger partial charge in [0.2, 0.25) is 5.91 Å². The summed E-state index contributed by atoms with van der Waals surface area (Å²) in [4.78, 5) is 26.0. The Bertz CT molecular complexity index is 631. The fourth-order valence-corrected chi connectivity index (χ4v) is 2.50. The van der Waals surface area contributed by atoms with Crippen molar-refractivity contribution in [1.82, 2.24) is 10.2 Å². The monoisotopic (exact) mass is 329 g/mol. The van der Waals surface area contributed by atoms with Gasteiger partial charge in [-0.05, 0) is 32.8 Å². The molecule has 2 atom stereocenters. The lowest BCUT2D eigenvalue weighted by Gasteiger charge is -2.40. The van der Waals surface area contributed by atoms with Gasteiger partial charge in [-0.2, -0.15) is 5.26 Å². The molecule has 0 aromatic heterocycles. The smallest absolute Gasteiger partial charge is 0.410 e. The molecule has 128 valence electrons. The molecule has 2 amide bonds. The second-order valence-corrected chi connectivity index (χ2v) is 6.81. The normalized spacial score (nSPS) is 18.1. The van der Waals surface area contributed by atoms with E-state index in [0.717, 1.165) is 5.56 Å². The number of carbonyl (C=O) groups excluding carboxylic acids is 2. The Morgan fingerprint density at radius 3 is 2.54 bits per heavy atom. The summed E-state index contributed by atoms with van der Waals surface area (Å²) >= 11 is 0. The van der Waals surface area contributed by atoms with E-state index in [0.29, 0.717) is 13.0 Å². The molecule has 1 heterocycles. The zero-order valence-electron chi connectivity index (χ0n) is 14.3. The zero-order chi connectivity index (χ0) is 17.7. The Kier molecular flexibility index (Phi) is 5.45.